The Bertz CT molecular complexity index is 701. The number of hydrogen-bond acceptors (Lipinski definition) is 4. The van der Waals surface area contributed by atoms with Crippen LogP contribution in [-0.2, 0) is 9.59 Å². The molecule has 3 rings (SSSR count). The van der Waals surface area contributed by atoms with Crippen LogP contribution in [0.3, 0.4) is 0 Å². The van der Waals surface area contributed by atoms with Gasteiger partial charge >= 0.3 is 0 Å². The van der Waals surface area contributed by atoms with Crippen molar-refractivity contribution >= 4 is 29.1 Å². The second kappa shape index (κ2) is 7.74. The minimum atomic E-state index is -0.284. The van der Waals surface area contributed by atoms with Crippen LogP contribution in [0.5, 0.6) is 11.5 Å². The summed E-state index contributed by atoms with van der Waals surface area (Å²) in [6.45, 7) is 3.81. The standard InChI is InChI=1S/C19H25ClN2O4/c1-11-4-6-22(7-5-11)19(24)13-8-12(13)18(23)21-15-10-16(25-2)14(20)9-17(15)26-3/h9-13H,4-8H2,1-3H3,(H,21,23). The first-order valence-electron chi connectivity index (χ1n) is 8.95. The summed E-state index contributed by atoms with van der Waals surface area (Å²) in [5.74, 6) is 1.03. The summed E-state index contributed by atoms with van der Waals surface area (Å²) in [4.78, 5) is 27.1. The van der Waals surface area contributed by atoms with Crippen molar-refractivity contribution in [2.24, 2.45) is 17.8 Å². The summed E-state index contributed by atoms with van der Waals surface area (Å²) < 4.78 is 10.5. The molecule has 2 aliphatic rings. The molecular weight excluding hydrogens is 356 g/mol. The van der Waals surface area contributed by atoms with Crippen LogP contribution in [0.15, 0.2) is 12.1 Å². The van der Waals surface area contributed by atoms with Gasteiger partial charge in [-0.2, -0.15) is 0 Å². The van der Waals surface area contributed by atoms with Crippen LogP contribution >= 0.6 is 11.6 Å². The number of rotatable bonds is 5. The van der Waals surface area contributed by atoms with Gasteiger partial charge in [0.1, 0.15) is 11.5 Å². The van der Waals surface area contributed by atoms with E-state index >= 15 is 0 Å². The molecule has 1 N–H and O–H groups in total. The molecule has 26 heavy (non-hydrogen) atoms. The SMILES string of the molecule is COc1cc(NC(=O)C2CC2C(=O)N2CCC(C)CC2)c(OC)cc1Cl. The van der Waals surface area contributed by atoms with Crippen molar-refractivity contribution in [3.05, 3.63) is 17.2 Å². The van der Waals surface area contributed by atoms with Crippen molar-refractivity contribution in [1.82, 2.24) is 4.90 Å². The van der Waals surface area contributed by atoms with Crippen molar-refractivity contribution in [1.29, 1.82) is 0 Å². The van der Waals surface area contributed by atoms with Gasteiger partial charge in [0.2, 0.25) is 11.8 Å². The van der Waals surface area contributed by atoms with Crippen molar-refractivity contribution in [3.8, 4) is 11.5 Å². The van der Waals surface area contributed by atoms with Gasteiger partial charge in [-0.3, -0.25) is 9.59 Å². The smallest absolute Gasteiger partial charge is 0.228 e. The summed E-state index contributed by atoms with van der Waals surface area (Å²) in [5.41, 5.74) is 0.489. The van der Waals surface area contributed by atoms with Crippen LogP contribution in [0.1, 0.15) is 26.2 Å². The molecule has 0 aromatic heterocycles. The highest BCUT2D eigenvalue weighted by atomic mass is 35.5. The Kier molecular flexibility index (Phi) is 5.61. The number of halogens is 1. The first-order valence-corrected chi connectivity index (χ1v) is 9.33. The van der Waals surface area contributed by atoms with Crippen LogP contribution in [0.25, 0.3) is 0 Å². The van der Waals surface area contributed by atoms with Crippen LogP contribution in [0, 0.1) is 17.8 Å². The van der Waals surface area contributed by atoms with Gasteiger partial charge in [0.15, 0.2) is 0 Å². The van der Waals surface area contributed by atoms with E-state index in [0.717, 1.165) is 25.9 Å². The average Bonchev–Trinajstić information content (AvgIpc) is 3.43. The number of amides is 2. The number of ether oxygens (including phenoxy) is 2. The van der Waals surface area contributed by atoms with Crippen molar-refractivity contribution in [2.45, 2.75) is 26.2 Å². The Labute approximate surface area is 158 Å². The molecule has 2 atom stereocenters. The number of piperidine rings is 1. The molecule has 1 aromatic carbocycles. The monoisotopic (exact) mass is 380 g/mol. The van der Waals surface area contributed by atoms with Gasteiger partial charge in [-0.15, -0.1) is 0 Å². The largest absolute Gasteiger partial charge is 0.495 e. The molecule has 2 unspecified atom stereocenters. The van der Waals surface area contributed by atoms with Gasteiger partial charge in [-0.05, 0) is 25.2 Å². The van der Waals surface area contributed by atoms with Crippen LogP contribution in [0.4, 0.5) is 5.69 Å². The predicted molar refractivity (Wildman–Crippen MR) is 99.8 cm³/mol. The third kappa shape index (κ3) is 3.90. The molecule has 1 aliphatic carbocycles. The number of carbonyl (C=O) groups is 2. The number of nitrogens with one attached hydrogen (secondary N) is 1. The maximum atomic E-state index is 12.6. The van der Waals surface area contributed by atoms with Gasteiger partial charge in [0.05, 0.1) is 36.8 Å². The number of anilines is 1. The molecular formula is C19H25ClN2O4. The highest BCUT2D eigenvalue weighted by Gasteiger charge is 2.49. The Balaban J connectivity index is 1.62. The number of likely N-dealkylation sites (tertiary alicyclic amines) is 1. The molecule has 0 spiro atoms. The minimum absolute atomic E-state index is 0.109. The number of benzene rings is 1. The quantitative estimate of drug-likeness (QED) is 0.851. The summed E-state index contributed by atoms with van der Waals surface area (Å²) in [6, 6.07) is 3.23. The predicted octanol–water partition coefficient (Wildman–Crippen LogP) is 3.19. The lowest BCUT2D eigenvalue weighted by Crippen LogP contribution is -2.39. The van der Waals surface area contributed by atoms with Gasteiger partial charge < -0.3 is 19.7 Å². The third-order valence-corrected chi connectivity index (χ3v) is 5.57. The number of carbonyl (C=O) groups excluding carboxylic acids is 2. The molecule has 6 nitrogen and oxygen atoms in total. The second-order valence-corrected chi connectivity index (χ2v) is 7.54. The number of methoxy groups -OCH3 is 2. The lowest BCUT2D eigenvalue weighted by Gasteiger charge is -2.30. The summed E-state index contributed by atoms with van der Waals surface area (Å²) in [5, 5.41) is 3.25. The Morgan fingerprint density at radius 1 is 1.12 bits per heavy atom. The van der Waals surface area contributed by atoms with Gasteiger partial charge in [0.25, 0.3) is 0 Å². The molecule has 142 valence electrons. The van der Waals surface area contributed by atoms with E-state index in [1.807, 2.05) is 4.90 Å². The number of hydrogen-bond donors (Lipinski definition) is 1. The van der Waals surface area contributed by atoms with Crippen molar-refractivity contribution in [2.75, 3.05) is 32.6 Å². The molecule has 2 fully saturated rings. The maximum Gasteiger partial charge on any atom is 0.228 e. The highest BCUT2D eigenvalue weighted by Crippen LogP contribution is 2.43. The first kappa shape index (κ1) is 18.8. The fraction of sp³-hybridized carbons (Fsp3) is 0.579. The van der Waals surface area contributed by atoms with E-state index in [2.05, 4.69) is 12.2 Å². The number of nitrogens with zero attached hydrogens (tertiary/aromatic N) is 1. The Hall–Kier alpha value is -1.95. The van der Waals surface area contributed by atoms with Crippen molar-refractivity contribution < 1.29 is 19.1 Å². The van der Waals surface area contributed by atoms with E-state index in [1.165, 1.54) is 14.2 Å². The molecule has 1 heterocycles. The summed E-state index contributed by atoms with van der Waals surface area (Å²) in [6.07, 6.45) is 2.68. The van der Waals surface area contributed by atoms with Crippen LogP contribution < -0.4 is 14.8 Å². The minimum Gasteiger partial charge on any atom is -0.495 e. The molecule has 0 radical (unpaired) electrons. The molecule has 1 aliphatic heterocycles. The second-order valence-electron chi connectivity index (χ2n) is 7.13. The fourth-order valence-electron chi connectivity index (χ4n) is 3.40. The van der Waals surface area contributed by atoms with Gasteiger partial charge in [-0.25, -0.2) is 0 Å². The molecule has 0 bridgehead atoms. The van der Waals surface area contributed by atoms with Crippen LogP contribution in [0.2, 0.25) is 5.02 Å². The Morgan fingerprint density at radius 2 is 1.77 bits per heavy atom. The van der Waals surface area contributed by atoms with E-state index in [9.17, 15) is 9.59 Å². The lowest BCUT2D eigenvalue weighted by molar-refractivity contribution is -0.135. The van der Waals surface area contributed by atoms with E-state index < -0.39 is 0 Å². The molecule has 1 aromatic rings. The van der Waals surface area contributed by atoms with Crippen molar-refractivity contribution in [3.63, 3.8) is 0 Å². The normalized spacial score (nSPS) is 22.7. The lowest BCUT2D eigenvalue weighted by atomic mass is 9.99. The zero-order chi connectivity index (χ0) is 18.8. The van der Waals surface area contributed by atoms with Crippen LogP contribution in [-0.4, -0.2) is 44.0 Å². The zero-order valence-corrected chi connectivity index (χ0v) is 16.1. The zero-order valence-electron chi connectivity index (χ0n) is 15.4. The summed E-state index contributed by atoms with van der Waals surface area (Å²) in [7, 11) is 3.02. The van der Waals surface area contributed by atoms with E-state index in [0.29, 0.717) is 34.5 Å². The third-order valence-electron chi connectivity index (χ3n) is 5.27. The molecule has 2 amide bonds. The average molecular weight is 381 g/mol. The maximum absolute atomic E-state index is 12.6. The molecule has 7 heteroatoms. The van der Waals surface area contributed by atoms with E-state index in [1.54, 1.807) is 12.1 Å². The highest BCUT2D eigenvalue weighted by molar-refractivity contribution is 6.32. The topological polar surface area (TPSA) is 67.9 Å². The van der Waals surface area contributed by atoms with Gasteiger partial charge in [0, 0.05) is 25.2 Å². The first-order chi connectivity index (χ1) is 12.4. The van der Waals surface area contributed by atoms with E-state index in [4.69, 9.17) is 21.1 Å². The fourth-order valence-corrected chi connectivity index (χ4v) is 3.64. The molecule has 1 saturated carbocycles. The van der Waals surface area contributed by atoms with E-state index in [-0.39, 0.29) is 23.7 Å². The summed E-state index contributed by atoms with van der Waals surface area (Å²) >= 11 is 6.08. The Morgan fingerprint density at radius 3 is 2.38 bits per heavy atom. The molecule has 1 saturated heterocycles. The van der Waals surface area contributed by atoms with Gasteiger partial charge in [-0.1, -0.05) is 18.5 Å².